The van der Waals surface area contributed by atoms with E-state index in [1.54, 1.807) is 6.08 Å². The molecule has 5 fully saturated rings. The summed E-state index contributed by atoms with van der Waals surface area (Å²) in [7, 11) is 0. The van der Waals surface area contributed by atoms with Crippen molar-refractivity contribution in [2.45, 2.75) is 90.5 Å². The first-order valence-electron chi connectivity index (χ1n) is 16.1. The molecule has 1 saturated heterocycles. The molecule has 224 valence electrons. The van der Waals surface area contributed by atoms with Crippen molar-refractivity contribution in [3.05, 3.63) is 70.3 Å². The van der Waals surface area contributed by atoms with Gasteiger partial charge in [0.1, 0.15) is 5.57 Å². The second-order valence-electron chi connectivity index (χ2n) is 14.6. The zero-order valence-electron chi connectivity index (χ0n) is 26.1. The summed E-state index contributed by atoms with van der Waals surface area (Å²) in [5.41, 5.74) is 7.14. The first-order chi connectivity index (χ1) is 20.5. The summed E-state index contributed by atoms with van der Waals surface area (Å²) in [4.78, 5) is 43.4. The Kier molecular flexibility index (Phi) is 6.50. The van der Waals surface area contributed by atoms with Crippen LogP contribution >= 0.6 is 0 Å². The van der Waals surface area contributed by atoms with E-state index in [-0.39, 0.29) is 16.5 Å². The van der Waals surface area contributed by atoms with E-state index in [0.717, 1.165) is 52.3 Å². The number of hydrogen-bond donors (Lipinski definition) is 1. The Labute approximate surface area is 255 Å². The number of nitrogens with zero attached hydrogens (tertiary/aromatic N) is 2. The van der Waals surface area contributed by atoms with Gasteiger partial charge in [0.15, 0.2) is 0 Å². The molecule has 6 aliphatic rings. The lowest BCUT2D eigenvalue weighted by Crippen LogP contribution is -2.54. The molecule has 2 aromatic rings. The predicted octanol–water partition coefficient (Wildman–Crippen LogP) is 7.54. The summed E-state index contributed by atoms with van der Waals surface area (Å²) in [5.74, 6) is 1.27. The average Bonchev–Trinajstić information content (AvgIpc) is 2.93. The SMILES string of the molecule is CCCN1c2cc(C)c(/C=C3/C(=O)NC(=O)N(c4ccc(C56CC7CC(CC(C7)C5)C6)cc4)C3=O)cc2C(C)=CC1(C)C. The molecule has 0 radical (unpaired) electrons. The molecule has 2 heterocycles. The monoisotopic (exact) mass is 577 g/mol. The largest absolute Gasteiger partial charge is 0.362 e. The highest BCUT2D eigenvalue weighted by Crippen LogP contribution is 2.60. The third-order valence-corrected chi connectivity index (χ3v) is 11.0. The van der Waals surface area contributed by atoms with Crippen LogP contribution in [0.2, 0.25) is 0 Å². The summed E-state index contributed by atoms with van der Waals surface area (Å²) < 4.78 is 0. The van der Waals surface area contributed by atoms with Crippen LogP contribution in [0.1, 0.15) is 94.9 Å². The maximum Gasteiger partial charge on any atom is 0.335 e. The minimum atomic E-state index is -0.701. The maximum absolute atomic E-state index is 13.8. The first-order valence-corrected chi connectivity index (χ1v) is 16.1. The summed E-state index contributed by atoms with van der Waals surface area (Å²) in [6.07, 6.45) is 12.9. The van der Waals surface area contributed by atoms with Crippen LogP contribution in [0.4, 0.5) is 16.2 Å². The smallest absolute Gasteiger partial charge is 0.335 e. The molecule has 0 atom stereocenters. The summed E-state index contributed by atoms with van der Waals surface area (Å²) >= 11 is 0. The lowest BCUT2D eigenvalue weighted by atomic mass is 9.48. The van der Waals surface area contributed by atoms with Gasteiger partial charge < -0.3 is 4.90 Å². The minimum absolute atomic E-state index is 0.0315. The zero-order chi connectivity index (χ0) is 30.3. The molecule has 4 bridgehead atoms. The van der Waals surface area contributed by atoms with Crippen molar-refractivity contribution < 1.29 is 14.4 Å². The lowest BCUT2D eigenvalue weighted by molar-refractivity contribution is -0.122. The molecule has 4 saturated carbocycles. The fraction of sp³-hybridized carbons (Fsp3) is 0.486. The van der Waals surface area contributed by atoms with E-state index in [2.05, 4.69) is 68.3 Å². The van der Waals surface area contributed by atoms with E-state index in [9.17, 15) is 14.4 Å². The normalized spacial score (nSPS) is 30.1. The molecule has 2 aliphatic heterocycles. The third-order valence-electron chi connectivity index (χ3n) is 11.0. The highest BCUT2D eigenvalue weighted by atomic mass is 16.2. The van der Waals surface area contributed by atoms with Gasteiger partial charge >= 0.3 is 6.03 Å². The zero-order valence-corrected chi connectivity index (χ0v) is 26.1. The molecular weight excluding hydrogens is 534 g/mol. The van der Waals surface area contributed by atoms with Gasteiger partial charge in [0.25, 0.3) is 11.8 Å². The van der Waals surface area contributed by atoms with Crippen LogP contribution < -0.4 is 15.1 Å². The highest BCUT2D eigenvalue weighted by Gasteiger charge is 2.51. The van der Waals surface area contributed by atoms with Crippen molar-refractivity contribution in [2.24, 2.45) is 17.8 Å². The number of carbonyl (C=O) groups excluding carboxylic acids is 3. The second-order valence-corrected chi connectivity index (χ2v) is 14.6. The summed E-state index contributed by atoms with van der Waals surface area (Å²) in [6.45, 7) is 11.7. The number of anilines is 2. The van der Waals surface area contributed by atoms with Gasteiger partial charge in [-0.2, -0.15) is 0 Å². The first kappa shape index (κ1) is 28.1. The maximum atomic E-state index is 13.8. The Hall–Kier alpha value is -3.67. The van der Waals surface area contributed by atoms with Gasteiger partial charge in [0, 0.05) is 17.8 Å². The van der Waals surface area contributed by atoms with Crippen molar-refractivity contribution >= 4 is 40.9 Å². The standard InChI is InChI=1S/C37H43N3O3/c1-6-11-39-32-12-22(2)27(16-30(32)23(3)18-36(39,4)5)17-31-33(41)38-35(43)40(34(31)42)29-9-7-28(8-10-29)37-19-24-13-25(20-37)15-26(14-24)21-37/h7-10,12,16-18,24-26H,6,11,13-15,19-21H2,1-5H3,(H,38,41,43)/b31-17-. The minimum Gasteiger partial charge on any atom is -0.362 e. The molecule has 4 aliphatic carbocycles. The number of urea groups is 1. The van der Waals surface area contributed by atoms with Gasteiger partial charge in [-0.05, 0) is 148 Å². The van der Waals surface area contributed by atoms with Gasteiger partial charge in [0.05, 0.1) is 11.2 Å². The number of imide groups is 2. The number of aryl methyl sites for hydroxylation is 1. The number of hydrogen-bond acceptors (Lipinski definition) is 4. The Morgan fingerprint density at radius 3 is 2.16 bits per heavy atom. The van der Waals surface area contributed by atoms with Gasteiger partial charge in [-0.25, -0.2) is 9.69 Å². The molecule has 2 aromatic carbocycles. The number of rotatable bonds is 5. The quantitative estimate of drug-likeness (QED) is 0.294. The molecular formula is C37H43N3O3. The van der Waals surface area contributed by atoms with Crippen LogP contribution in [-0.4, -0.2) is 29.9 Å². The fourth-order valence-electron chi connectivity index (χ4n) is 9.51. The van der Waals surface area contributed by atoms with E-state index in [1.807, 2.05) is 19.1 Å². The van der Waals surface area contributed by atoms with Crippen LogP contribution in [0, 0.1) is 24.7 Å². The Morgan fingerprint density at radius 2 is 1.56 bits per heavy atom. The van der Waals surface area contributed by atoms with Crippen LogP contribution in [0.3, 0.4) is 0 Å². The van der Waals surface area contributed by atoms with E-state index in [4.69, 9.17) is 0 Å². The number of fused-ring (bicyclic) bond motifs is 1. The highest BCUT2D eigenvalue weighted by molar-refractivity contribution is 6.39. The number of allylic oxidation sites excluding steroid dienone is 1. The molecule has 6 nitrogen and oxygen atoms in total. The Morgan fingerprint density at radius 1 is 0.930 bits per heavy atom. The van der Waals surface area contributed by atoms with Crippen LogP contribution in [0.5, 0.6) is 0 Å². The van der Waals surface area contributed by atoms with Crippen LogP contribution in [0.15, 0.2) is 48.0 Å². The van der Waals surface area contributed by atoms with Crippen molar-refractivity contribution in [3.8, 4) is 0 Å². The van der Waals surface area contributed by atoms with E-state index < -0.39 is 17.8 Å². The van der Waals surface area contributed by atoms with Gasteiger partial charge in [0.2, 0.25) is 0 Å². The Bertz CT molecular complexity index is 1560. The van der Waals surface area contributed by atoms with Gasteiger partial charge in [-0.3, -0.25) is 14.9 Å². The summed E-state index contributed by atoms with van der Waals surface area (Å²) in [6, 6.07) is 11.6. The molecule has 8 rings (SSSR count). The second kappa shape index (κ2) is 9.93. The molecule has 6 heteroatoms. The average molecular weight is 578 g/mol. The topological polar surface area (TPSA) is 69.7 Å². The van der Waals surface area contributed by atoms with Gasteiger partial charge in [-0.1, -0.05) is 25.1 Å². The lowest BCUT2D eigenvalue weighted by Gasteiger charge is -2.57. The predicted molar refractivity (Wildman–Crippen MR) is 172 cm³/mol. The Balaban J connectivity index is 1.20. The van der Waals surface area contributed by atoms with E-state index >= 15 is 0 Å². The number of barbiturate groups is 1. The molecule has 43 heavy (non-hydrogen) atoms. The molecule has 1 N–H and O–H groups in total. The van der Waals surface area contributed by atoms with Crippen molar-refractivity contribution in [2.75, 3.05) is 16.3 Å². The number of amides is 4. The van der Waals surface area contributed by atoms with Crippen molar-refractivity contribution in [1.82, 2.24) is 5.32 Å². The van der Waals surface area contributed by atoms with Crippen LogP contribution in [0.25, 0.3) is 11.6 Å². The number of benzene rings is 2. The molecule has 4 amide bonds. The number of nitrogens with one attached hydrogen (secondary N) is 1. The summed E-state index contributed by atoms with van der Waals surface area (Å²) in [5, 5.41) is 2.42. The van der Waals surface area contributed by atoms with Gasteiger partial charge in [-0.15, -0.1) is 0 Å². The van der Waals surface area contributed by atoms with E-state index in [0.29, 0.717) is 5.69 Å². The third kappa shape index (κ3) is 4.56. The van der Waals surface area contributed by atoms with Crippen molar-refractivity contribution in [3.63, 3.8) is 0 Å². The van der Waals surface area contributed by atoms with E-state index in [1.165, 1.54) is 55.3 Å². The molecule has 0 aromatic heterocycles. The molecule has 0 spiro atoms. The van der Waals surface area contributed by atoms with Crippen LogP contribution in [-0.2, 0) is 15.0 Å². The molecule has 0 unspecified atom stereocenters. The number of carbonyl (C=O) groups is 3. The fourth-order valence-corrected chi connectivity index (χ4v) is 9.51. The van der Waals surface area contributed by atoms with Crippen molar-refractivity contribution in [1.29, 1.82) is 0 Å².